The minimum Gasteiger partial charge on any atom is -0.459 e. The fourth-order valence-electron chi connectivity index (χ4n) is 6.85. The Hall–Kier alpha value is -2.47. The number of hydrogen-bond acceptors (Lipinski definition) is 11. The molecule has 12 atom stereocenters. The highest BCUT2D eigenvalue weighted by Gasteiger charge is 2.79. The van der Waals surface area contributed by atoms with Crippen LogP contribution in [-0.2, 0) is 42.9 Å². The topological polar surface area (TPSA) is 158 Å². The van der Waals surface area contributed by atoms with Gasteiger partial charge in [0.1, 0.15) is 23.9 Å². The van der Waals surface area contributed by atoms with E-state index >= 15 is 0 Å². The van der Waals surface area contributed by atoms with Crippen LogP contribution >= 0.6 is 11.6 Å². The minimum absolute atomic E-state index is 0.102. The Bertz CT molecular complexity index is 1130. The first-order valence-electron chi connectivity index (χ1n) is 13.4. The number of ether oxygens (including phenoxy) is 5. The molecule has 2 aliphatic carbocycles. The third kappa shape index (κ3) is 4.64. The maximum atomic E-state index is 12.9. The largest absolute Gasteiger partial charge is 0.459 e. The van der Waals surface area contributed by atoms with E-state index in [9.17, 15) is 29.4 Å². The first-order valence-corrected chi connectivity index (χ1v) is 13.8. The molecule has 2 heterocycles. The summed E-state index contributed by atoms with van der Waals surface area (Å²) < 4.78 is 28.8. The number of hydrogen-bond donors (Lipinski definition) is 2. The maximum Gasteiger partial charge on any atom is 0.312 e. The average Bonchev–Trinajstić information content (AvgIpc) is 3.62. The summed E-state index contributed by atoms with van der Waals surface area (Å²) in [6.07, 6.45) is -3.37. The summed E-state index contributed by atoms with van der Waals surface area (Å²) in [5.74, 6) is -5.48. The van der Waals surface area contributed by atoms with Crippen LogP contribution in [0.2, 0.25) is 0 Å². The molecule has 222 valence electrons. The molecule has 0 amide bonds. The number of halogens is 1. The second-order valence-electron chi connectivity index (χ2n) is 11.6. The lowest BCUT2D eigenvalue weighted by Gasteiger charge is -2.57. The average molecular weight is 585 g/mol. The van der Waals surface area contributed by atoms with Crippen LogP contribution in [0.15, 0.2) is 24.3 Å². The van der Waals surface area contributed by atoms with E-state index in [4.69, 9.17) is 35.3 Å². The molecule has 0 aromatic heterocycles. The van der Waals surface area contributed by atoms with E-state index in [2.05, 4.69) is 6.58 Å². The quantitative estimate of drug-likeness (QED) is 0.210. The van der Waals surface area contributed by atoms with Crippen molar-refractivity contribution >= 4 is 35.5 Å². The van der Waals surface area contributed by atoms with Crippen molar-refractivity contribution in [3.63, 3.8) is 0 Å². The summed E-state index contributed by atoms with van der Waals surface area (Å²) in [5, 5.41) is 23.5. The van der Waals surface area contributed by atoms with Gasteiger partial charge < -0.3 is 33.9 Å². The molecule has 2 saturated heterocycles. The van der Waals surface area contributed by atoms with Crippen molar-refractivity contribution in [2.45, 2.75) is 108 Å². The van der Waals surface area contributed by atoms with Crippen molar-refractivity contribution < 1.29 is 53.1 Å². The molecule has 0 aromatic rings. The van der Waals surface area contributed by atoms with E-state index in [1.54, 1.807) is 13.0 Å². The number of aliphatic hydroxyl groups is 2. The standard InChI is InChI=1S/C28H37ClO11/c1-8-9-17(32)38-16-11-10-12(2)18(29)21-28(35,13(3)25(33)40-21)24(37-15(5)31)20-26(16,6)22-19(39-22)23(27(20,7)34)36-14(4)30/h10-11,13,16,18-24,34-35H,2,8-9H2,1,3-7H3/b11-10-/t13-,16-,18-,19+,20+,21-,22-,23+,24-,26+,27-,28-/m0/s1. The maximum absolute atomic E-state index is 12.9. The smallest absolute Gasteiger partial charge is 0.312 e. The van der Waals surface area contributed by atoms with Crippen molar-refractivity contribution in [2.75, 3.05) is 0 Å². The molecule has 4 aliphatic rings. The molecule has 40 heavy (non-hydrogen) atoms. The first kappa shape index (κ1) is 30.5. The molecule has 4 rings (SSSR count). The molecule has 0 unspecified atom stereocenters. The van der Waals surface area contributed by atoms with Gasteiger partial charge in [0.25, 0.3) is 0 Å². The van der Waals surface area contributed by atoms with Gasteiger partial charge in [-0.15, -0.1) is 11.6 Å². The van der Waals surface area contributed by atoms with E-state index in [1.807, 2.05) is 6.92 Å². The lowest BCUT2D eigenvalue weighted by molar-refractivity contribution is -0.258. The second-order valence-corrected chi connectivity index (χ2v) is 12.1. The van der Waals surface area contributed by atoms with Gasteiger partial charge in [-0.25, -0.2) is 0 Å². The number of allylic oxidation sites excluding steroid dienone is 1. The molecule has 11 nitrogen and oxygen atoms in total. The van der Waals surface area contributed by atoms with Crippen LogP contribution in [0.3, 0.4) is 0 Å². The number of rotatable bonds is 5. The van der Waals surface area contributed by atoms with Crippen LogP contribution in [0.4, 0.5) is 0 Å². The monoisotopic (exact) mass is 584 g/mol. The number of esters is 4. The number of epoxide rings is 1. The molecular formula is C28H37ClO11. The molecular weight excluding hydrogens is 548 g/mol. The Morgan fingerprint density at radius 2 is 1.68 bits per heavy atom. The predicted molar refractivity (Wildman–Crippen MR) is 139 cm³/mol. The lowest BCUT2D eigenvalue weighted by Crippen LogP contribution is -2.73. The van der Waals surface area contributed by atoms with Crippen molar-refractivity contribution in [3.8, 4) is 0 Å². The highest BCUT2D eigenvalue weighted by atomic mass is 35.5. The van der Waals surface area contributed by atoms with E-state index in [1.165, 1.54) is 26.8 Å². The zero-order chi connectivity index (χ0) is 29.9. The minimum atomic E-state index is -2.29. The summed E-state index contributed by atoms with van der Waals surface area (Å²) in [6, 6.07) is 0. The van der Waals surface area contributed by atoms with Crippen LogP contribution in [0, 0.1) is 17.3 Å². The van der Waals surface area contributed by atoms with Crippen molar-refractivity contribution in [1.29, 1.82) is 0 Å². The molecule has 12 heteroatoms. The van der Waals surface area contributed by atoms with Crippen LogP contribution in [0.25, 0.3) is 0 Å². The fraction of sp³-hybridized carbons (Fsp3) is 0.714. The molecule has 1 saturated carbocycles. The Kier molecular flexibility index (Phi) is 7.94. The van der Waals surface area contributed by atoms with Crippen LogP contribution in [0.1, 0.15) is 54.4 Å². The molecule has 2 aliphatic heterocycles. The lowest BCUT2D eigenvalue weighted by atomic mass is 9.52. The molecule has 3 fully saturated rings. The Labute approximate surface area is 237 Å². The van der Waals surface area contributed by atoms with E-state index in [0.29, 0.717) is 6.42 Å². The van der Waals surface area contributed by atoms with Crippen molar-refractivity contribution in [3.05, 3.63) is 24.3 Å². The molecule has 0 aromatic carbocycles. The Morgan fingerprint density at radius 3 is 2.25 bits per heavy atom. The Balaban J connectivity index is 2.03. The summed E-state index contributed by atoms with van der Waals surface area (Å²) in [4.78, 5) is 50.5. The van der Waals surface area contributed by atoms with E-state index < -0.39 is 94.3 Å². The summed E-state index contributed by atoms with van der Waals surface area (Å²) >= 11 is 6.72. The van der Waals surface area contributed by atoms with Crippen LogP contribution < -0.4 is 0 Å². The summed E-state index contributed by atoms with van der Waals surface area (Å²) in [7, 11) is 0. The SMILES string of the molecule is C=C1/C=C\[C@H](OC(=O)CCC)[C@@]2(C)[C@H]3O[C@H]3[C@@H](OC(C)=O)[C@@](C)(O)[C@@H]2[C@H](OC(C)=O)[C@]2(O)[C@@H](C)C(=O)O[C@H]2[C@H]1Cl. The third-order valence-corrected chi connectivity index (χ3v) is 9.34. The van der Waals surface area contributed by atoms with Gasteiger partial charge in [-0.2, -0.15) is 0 Å². The number of alkyl halides is 1. The third-order valence-electron chi connectivity index (χ3n) is 8.83. The highest BCUT2D eigenvalue weighted by Crippen LogP contribution is 2.63. The van der Waals surface area contributed by atoms with Gasteiger partial charge in [-0.05, 0) is 31.9 Å². The van der Waals surface area contributed by atoms with Crippen LogP contribution in [0.5, 0.6) is 0 Å². The van der Waals surface area contributed by atoms with Gasteiger partial charge in [0, 0.05) is 31.6 Å². The Morgan fingerprint density at radius 1 is 1.07 bits per heavy atom. The number of carbonyl (C=O) groups excluding carboxylic acids is 4. The predicted octanol–water partition coefficient (Wildman–Crippen LogP) is 1.74. The molecule has 0 spiro atoms. The van der Waals surface area contributed by atoms with E-state index in [-0.39, 0.29) is 12.0 Å². The van der Waals surface area contributed by atoms with Gasteiger partial charge in [0.2, 0.25) is 0 Å². The number of fused-ring (bicyclic) bond motifs is 4. The van der Waals surface area contributed by atoms with E-state index in [0.717, 1.165) is 6.92 Å². The van der Waals surface area contributed by atoms with Gasteiger partial charge in [-0.1, -0.05) is 26.5 Å². The van der Waals surface area contributed by atoms with Gasteiger partial charge in [0.05, 0.1) is 17.4 Å². The van der Waals surface area contributed by atoms with Gasteiger partial charge in [0.15, 0.2) is 17.8 Å². The summed E-state index contributed by atoms with van der Waals surface area (Å²) in [5.41, 5.74) is -5.50. The highest BCUT2D eigenvalue weighted by molar-refractivity contribution is 6.23. The zero-order valence-corrected chi connectivity index (χ0v) is 24.2. The first-order chi connectivity index (χ1) is 18.5. The van der Waals surface area contributed by atoms with Crippen molar-refractivity contribution in [2.24, 2.45) is 17.3 Å². The number of carbonyl (C=O) groups is 4. The van der Waals surface area contributed by atoms with Gasteiger partial charge in [-0.3, -0.25) is 19.2 Å². The summed E-state index contributed by atoms with van der Waals surface area (Å²) in [6.45, 7) is 12.5. The van der Waals surface area contributed by atoms with Crippen molar-refractivity contribution in [1.82, 2.24) is 0 Å². The van der Waals surface area contributed by atoms with Gasteiger partial charge >= 0.3 is 23.9 Å². The second kappa shape index (κ2) is 10.4. The molecule has 0 bridgehead atoms. The van der Waals surface area contributed by atoms with Crippen LogP contribution in [-0.4, -0.2) is 87.3 Å². The zero-order valence-electron chi connectivity index (χ0n) is 23.4. The normalized spacial score (nSPS) is 46.6. The fourth-order valence-corrected chi connectivity index (χ4v) is 7.18. The molecule has 0 radical (unpaired) electrons. The molecule has 2 N–H and O–H groups in total.